The summed E-state index contributed by atoms with van der Waals surface area (Å²) in [6, 6.07) is 1.29. The minimum absolute atomic E-state index is 0.118. The highest BCUT2D eigenvalue weighted by molar-refractivity contribution is 5.84. The Hall–Kier alpha value is -1.57. The summed E-state index contributed by atoms with van der Waals surface area (Å²) in [5.74, 6) is -0.413. The number of nitrogens with zero attached hydrogens (tertiary/aromatic N) is 1. The lowest BCUT2D eigenvalue weighted by Crippen LogP contribution is -2.46. The molecule has 106 valence electrons. The van der Waals surface area contributed by atoms with Crippen molar-refractivity contribution in [2.24, 2.45) is 11.8 Å². The number of nitrogens with one attached hydrogen (secondary N) is 1. The Morgan fingerprint density at radius 2 is 2.05 bits per heavy atom. The molecule has 0 heterocycles. The number of amides is 1. The fraction of sp³-hybridized carbons (Fsp3) is 0.786. The molecule has 0 saturated heterocycles. The minimum atomic E-state index is -0.724. The van der Waals surface area contributed by atoms with E-state index in [0.717, 1.165) is 12.8 Å². The van der Waals surface area contributed by atoms with E-state index < -0.39 is 12.0 Å². The van der Waals surface area contributed by atoms with Crippen molar-refractivity contribution in [3.63, 3.8) is 0 Å². The summed E-state index contributed by atoms with van der Waals surface area (Å²) in [4.78, 5) is 23.6. The Morgan fingerprint density at radius 3 is 2.58 bits per heavy atom. The van der Waals surface area contributed by atoms with Gasteiger partial charge >= 0.3 is 5.97 Å². The van der Waals surface area contributed by atoms with E-state index in [1.165, 1.54) is 20.0 Å². The molecule has 19 heavy (non-hydrogen) atoms. The van der Waals surface area contributed by atoms with Gasteiger partial charge in [0.15, 0.2) is 0 Å². The topological polar surface area (TPSA) is 79.2 Å². The van der Waals surface area contributed by atoms with Crippen molar-refractivity contribution >= 4 is 11.9 Å². The molecule has 1 saturated carbocycles. The molecule has 0 aromatic rings. The van der Waals surface area contributed by atoms with E-state index in [-0.39, 0.29) is 18.2 Å². The van der Waals surface area contributed by atoms with Crippen LogP contribution in [0.3, 0.4) is 0 Å². The summed E-state index contributed by atoms with van der Waals surface area (Å²) < 4.78 is 4.69. The number of nitriles is 1. The number of ether oxygens (including phenoxy) is 1. The molecule has 1 fully saturated rings. The van der Waals surface area contributed by atoms with Crippen LogP contribution in [-0.4, -0.2) is 25.0 Å². The second-order valence-corrected chi connectivity index (χ2v) is 5.26. The summed E-state index contributed by atoms with van der Waals surface area (Å²) >= 11 is 0. The number of hydrogen-bond acceptors (Lipinski definition) is 4. The molecular weight excluding hydrogens is 244 g/mol. The maximum absolute atomic E-state index is 11.9. The lowest BCUT2D eigenvalue weighted by atomic mass is 9.97. The molecule has 1 aliphatic rings. The van der Waals surface area contributed by atoms with Crippen molar-refractivity contribution in [2.45, 2.75) is 51.5 Å². The number of methoxy groups -OCH3 is 1. The smallest absolute Gasteiger partial charge is 0.328 e. The quantitative estimate of drug-likeness (QED) is 0.743. The molecule has 0 radical (unpaired) electrons. The third-order valence-electron chi connectivity index (χ3n) is 3.70. The van der Waals surface area contributed by atoms with Crippen molar-refractivity contribution in [3.8, 4) is 6.07 Å². The zero-order valence-electron chi connectivity index (χ0n) is 11.6. The van der Waals surface area contributed by atoms with Gasteiger partial charge in [-0.05, 0) is 18.8 Å². The van der Waals surface area contributed by atoms with Gasteiger partial charge < -0.3 is 10.1 Å². The molecule has 2 atom stereocenters. The maximum Gasteiger partial charge on any atom is 0.328 e. The third-order valence-corrected chi connectivity index (χ3v) is 3.70. The lowest BCUT2D eigenvalue weighted by molar-refractivity contribution is -0.146. The molecule has 1 rings (SSSR count). The first-order valence-electron chi connectivity index (χ1n) is 6.82. The van der Waals surface area contributed by atoms with Gasteiger partial charge in [-0.2, -0.15) is 5.26 Å². The second kappa shape index (κ2) is 7.78. The fourth-order valence-electron chi connectivity index (χ4n) is 2.53. The first kappa shape index (κ1) is 15.5. The standard InChI is InChI=1S/C14H22N2O3/c1-10(7-8-15)13(14(18)19-2)16-12(17)9-11-5-3-4-6-11/h10-11,13H,3-7,9H2,1-2H3,(H,16,17)/t10-,13-/m1/s1. The normalized spacial score (nSPS) is 18.4. The Bertz CT molecular complexity index is 356. The van der Waals surface area contributed by atoms with Crippen molar-refractivity contribution in [3.05, 3.63) is 0 Å². The average molecular weight is 266 g/mol. The van der Waals surface area contributed by atoms with Gasteiger partial charge in [-0.1, -0.05) is 19.8 Å². The molecule has 5 nitrogen and oxygen atoms in total. The SMILES string of the molecule is COC(=O)[C@H](NC(=O)CC1CCCC1)[C@H](C)CC#N. The summed E-state index contributed by atoms with van der Waals surface area (Å²) in [5, 5.41) is 11.4. The third kappa shape index (κ3) is 4.90. The van der Waals surface area contributed by atoms with Gasteiger partial charge in [0.1, 0.15) is 6.04 Å². The van der Waals surface area contributed by atoms with Gasteiger partial charge in [0.2, 0.25) is 5.91 Å². The molecule has 5 heteroatoms. The van der Waals surface area contributed by atoms with Crippen LogP contribution in [0, 0.1) is 23.2 Å². The number of carbonyl (C=O) groups is 2. The van der Waals surface area contributed by atoms with Crippen LogP contribution in [0.15, 0.2) is 0 Å². The largest absolute Gasteiger partial charge is 0.467 e. The minimum Gasteiger partial charge on any atom is -0.467 e. The predicted molar refractivity (Wildman–Crippen MR) is 69.9 cm³/mol. The summed E-state index contributed by atoms with van der Waals surface area (Å²) in [6.07, 6.45) is 5.22. The molecule has 0 aliphatic heterocycles. The molecule has 0 aromatic heterocycles. The van der Waals surface area contributed by atoms with E-state index in [0.29, 0.717) is 12.3 Å². The van der Waals surface area contributed by atoms with Gasteiger partial charge in [-0.3, -0.25) is 4.79 Å². The van der Waals surface area contributed by atoms with Crippen LogP contribution in [0.1, 0.15) is 45.4 Å². The van der Waals surface area contributed by atoms with Crippen LogP contribution in [0.5, 0.6) is 0 Å². The molecule has 0 unspecified atom stereocenters. The van der Waals surface area contributed by atoms with Crippen LogP contribution in [0.4, 0.5) is 0 Å². The van der Waals surface area contributed by atoms with E-state index in [2.05, 4.69) is 10.1 Å². The first-order chi connectivity index (χ1) is 9.08. The van der Waals surface area contributed by atoms with Crippen molar-refractivity contribution < 1.29 is 14.3 Å². The van der Waals surface area contributed by atoms with E-state index >= 15 is 0 Å². The van der Waals surface area contributed by atoms with Crippen LogP contribution >= 0.6 is 0 Å². The fourth-order valence-corrected chi connectivity index (χ4v) is 2.53. The first-order valence-corrected chi connectivity index (χ1v) is 6.82. The zero-order chi connectivity index (χ0) is 14.3. The molecule has 1 N–H and O–H groups in total. The zero-order valence-corrected chi connectivity index (χ0v) is 11.6. The van der Waals surface area contributed by atoms with Crippen LogP contribution in [-0.2, 0) is 14.3 Å². The maximum atomic E-state index is 11.9. The van der Waals surface area contributed by atoms with Crippen LogP contribution in [0.2, 0.25) is 0 Å². The van der Waals surface area contributed by atoms with Gasteiger partial charge in [0.05, 0.1) is 13.2 Å². The Kier molecular flexibility index (Phi) is 6.34. The molecule has 0 aromatic carbocycles. The summed E-state index contributed by atoms with van der Waals surface area (Å²) in [6.45, 7) is 1.76. The monoisotopic (exact) mass is 266 g/mol. The molecular formula is C14H22N2O3. The predicted octanol–water partition coefficient (Wildman–Crippen LogP) is 1.77. The van der Waals surface area contributed by atoms with Crippen LogP contribution < -0.4 is 5.32 Å². The Balaban J connectivity index is 2.53. The molecule has 0 spiro atoms. The molecule has 1 aliphatic carbocycles. The van der Waals surface area contributed by atoms with Crippen LogP contribution in [0.25, 0.3) is 0 Å². The highest BCUT2D eigenvalue weighted by atomic mass is 16.5. The molecule has 1 amide bonds. The van der Waals surface area contributed by atoms with Gasteiger partial charge in [0.25, 0.3) is 0 Å². The number of rotatable bonds is 6. The van der Waals surface area contributed by atoms with E-state index in [1.807, 2.05) is 6.07 Å². The molecule has 0 bridgehead atoms. The number of esters is 1. The van der Waals surface area contributed by atoms with Crippen molar-refractivity contribution in [2.75, 3.05) is 7.11 Å². The second-order valence-electron chi connectivity index (χ2n) is 5.26. The van der Waals surface area contributed by atoms with Gasteiger partial charge in [0, 0.05) is 18.8 Å². The van der Waals surface area contributed by atoms with Gasteiger partial charge in [-0.15, -0.1) is 0 Å². The van der Waals surface area contributed by atoms with E-state index in [9.17, 15) is 9.59 Å². The summed E-state index contributed by atoms with van der Waals surface area (Å²) in [5.41, 5.74) is 0. The highest BCUT2D eigenvalue weighted by Crippen LogP contribution is 2.27. The summed E-state index contributed by atoms with van der Waals surface area (Å²) in [7, 11) is 1.29. The lowest BCUT2D eigenvalue weighted by Gasteiger charge is -2.21. The number of carbonyl (C=O) groups excluding carboxylic acids is 2. The average Bonchev–Trinajstić information content (AvgIpc) is 2.88. The number of hydrogen-bond donors (Lipinski definition) is 1. The van der Waals surface area contributed by atoms with E-state index in [1.54, 1.807) is 6.92 Å². The Labute approximate surface area is 114 Å². The van der Waals surface area contributed by atoms with Crippen molar-refractivity contribution in [1.29, 1.82) is 5.26 Å². The van der Waals surface area contributed by atoms with Gasteiger partial charge in [-0.25, -0.2) is 4.79 Å². The highest BCUT2D eigenvalue weighted by Gasteiger charge is 2.28. The Morgan fingerprint density at radius 1 is 1.42 bits per heavy atom. The van der Waals surface area contributed by atoms with E-state index in [4.69, 9.17) is 5.26 Å². The van der Waals surface area contributed by atoms with Crippen molar-refractivity contribution in [1.82, 2.24) is 5.32 Å².